The Balaban J connectivity index is 0.00000300. The van der Waals surface area contributed by atoms with Gasteiger partial charge >= 0.3 is 0 Å². The first-order valence-corrected chi connectivity index (χ1v) is 9.45. The normalized spacial score (nSPS) is 10.9. The highest BCUT2D eigenvalue weighted by molar-refractivity contribution is 14.0. The van der Waals surface area contributed by atoms with E-state index in [-0.39, 0.29) is 24.0 Å². The molecular formula is C22H28IN5O. The molecule has 0 amide bonds. The quantitative estimate of drug-likeness (QED) is 0.289. The Morgan fingerprint density at radius 3 is 2.52 bits per heavy atom. The van der Waals surface area contributed by atoms with Crippen molar-refractivity contribution in [3.05, 3.63) is 78.6 Å². The fourth-order valence-corrected chi connectivity index (χ4v) is 2.86. The van der Waals surface area contributed by atoms with E-state index < -0.39 is 0 Å². The van der Waals surface area contributed by atoms with Gasteiger partial charge in [-0.2, -0.15) is 5.10 Å². The van der Waals surface area contributed by atoms with Crippen molar-refractivity contribution in [2.24, 2.45) is 4.99 Å². The second kappa shape index (κ2) is 12.1. The zero-order chi connectivity index (χ0) is 19.6. The summed E-state index contributed by atoms with van der Waals surface area (Å²) in [6, 6.07) is 20.2. The summed E-state index contributed by atoms with van der Waals surface area (Å²) in [4.78, 5) is 6.43. The van der Waals surface area contributed by atoms with Crippen LogP contribution in [-0.4, -0.2) is 54.4 Å². The molecule has 0 bridgehead atoms. The topological polar surface area (TPSA) is 54.7 Å². The molecule has 0 atom stereocenters. The number of guanidine groups is 1. The second-order valence-electron chi connectivity index (χ2n) is 6.42. The van der Waals surface area contributed by atoms with Crippen LogP contribution in [0.5, 0.6) is 5.75 Å². The molecule has 3 aromatic rings. The summed E-state index contributed by atoms with van der Waals surface area (Å²) in [5.41, 5.74) is 2.34. The highest BCUT2D eigenvalue weighted by Crippen LogP contribution is 2.09. The van der Waals surface area contributed by atoms with E-state index in [1.165, 1.54) is 5.56 Å². The van der Waals surface area contributed by atoms with Gasteiger partial charge in [-0.05, 0) is 42.3 Å². The predicted octanol–water partition coefficient (Wildman–Crippen LogP) is 3.62. The van der Waals surface area contributed by atoms with Crippen molar-refractivity contribution >= 4 is 29.9 Å². The van der Waals surface area contributed by atoms with Gasteiger partial charge in [0, 0.05) is 33.0 Å². The third-order valence-electron chi connectivity index (χ3n) is 4.41. The van der Waals surface area contributed by atoms with Crippen molar-refractivity contribution < 1.29 is 4.74 Å². The van der Waals surface area contributed by atoms with Crippen molar-refractivity contribution in [3.63, 3.8) is 0 Å². The molecular weight excluding hydrogens is 477 g/mol. The molecule has 0 spiro atoms. The van der Waals surface area contributed by atoms with Gasteiger partial charge < -0.3 is 15.0 Å². The first-order chi connectivity index (χ1) is 13.8. The number of likely N-dealkylation sites (N-methyl/N-ethyl adjacent to an activating group) is 1. The lowest BCUT2D eigenvalue weighted by Gasteiger charge is -2.22. The van der Waals surface area contributed by atoms with Crippen molar-refractivity contribution in [1.82, 2.24) is 20.0 Å². The maximum atomic E-state index is 5.76. The third kappa shape index (κ3) is 7.08. The van der Waals surface area contributed by atoms with Gasteiger partial charge in [-0.1, -0.05) is 30.3 Å². The van der Waals surface area contributed by atoms with Gasteiger partial charge in [0.15, 0.2) is 5.96 Å². The monoisotopic (exact) mass is 505 g/mol. The largest absolute Gasteiger partial charge is 0.492 e. The molecule has 0 aliphatic rings. The first kappa shape index (κ1) is 22.7. The van der Waals surface area contributed by atoms with Gasteiger partial charge in [-0.15, -0.1) is 24.0 Å². The first-order valence-electron chi connectivity index (χ1n) is 9.45. The number of aromatic nitrogens is 2. The van der Waals surface area contributed by atoms with E-state index in [4.69, 9.17) is 4.74 Å². The lowest BCUT2D eigenvalue weighted by molar-refractivity contribution is 0.281. The van der Waals surface area contributed by atoms with Crippen LogP contribution >= 0.6 is 24.0 Å². The number of benzene rings is 2. The molecule has 0 saturated carbocycles. The van der Waals surface area contributed by atoms with Gasteiger partial charge in [0.05, 0.1) is 12.2 Å². The zero-order valence-corrected chi connectivity index (χ0v) is 19.2. The van der Waals surface area contributed by atoms with E-state index in [0.29, 0.717) is 6.61 Å². The zero-order valence-electron chi connectivity index (χ0n) is 16.9. The Bertz CT molecular complexity index is 851. The van der Waals surface area contributed by atoms with E-state index >= 15 is 0 Å². The summed E-state index contributed by atoms with van der Waals surface area (Å²) in [7, 11) is 3.82. The highest BCUT2D eigenvalue weighted by atomic mass is 127. The fraction of sp³-hybridized carbons (Fsp3) is 0.273. The lowest BCUT2D eigenvalue weighted by Crippen LogP contribution is -2.41. The van der Waals surface area contributed by atoms with E-state index in [9.17, 15) is 0 Å². The molecule has 6 nitrogen and oxygen atoms in total. The van der Waals surface area contributed by atoms with E-state index in [1.807, 2.05) is 54.3 Å². The molecule has 0 unspecified atom stereocenters. The number of nitrogens with zero attached hydrogens (tertiary/aromatic N) is 4. The molecule has 0 saturated heterocycles. The van der Waals surface area contributed by atoms with Crippen molar-refractivity contribution in [2.75, 3.05) is 33.8 Å². The van der Waals surface area contributed by atoms with Crippen molar-refractivity contribution in [2.45, 2.75) is 6.42 Å². The van der Waals surface area contributed by atoms with Crippen LogP contribution in [0.1, 0.15) is 5.56 Å². The predicted molar refractivity (Wildman–Crippen MR) is 129 cm³/mol. The van der Waals surface area contributed by atoms with Crippen LogP contribution in [0.3, 0.4) is 0 Å². The van der Waals surface area contributed by atoms with Crippen LogP contribution in [0.15, 0.2) is 78.0 Å². The molecule has 7 heteroatoms. The fourth-order valence-electron chi connectivity index (χ4n) is 2.86. The van der Waals surface area contributed by atoms with Crippen molar-refractivity contribution in [3.8, 4) is 11.4 Å². The maximum Gasteiger partial charge on any atom is 0.193 e. The van der Waals surface area contributed by atoms with Gasteiger partial charge in [-0.25, -0.2) is 4.68 Å². The molecule has 0 fully saturated rings. The van der Waals surface area contributed by atoms with Crippen molar-refractivity contribution in [1.29, 1.82) is 0 Å². The standard InChI is InChI=1S/C22H27N5O.HI/c1-23-22(26(2)17-18-28-21-7-4-3-5-8-21)24-15-13-19-9-11-20(12-10-19)27-16-6-14-25-27;/h3-12,14,16H,13,15,17-18H2,1-2H3,(H,23,24);1H. The summed E-state index contributed by atoms with van der Waals surface area (Å²) < 4.78 is 7.61. The van der Waals surface area contributed by atoms with Crippen LogP contribution < -0.4 is 10.1 Å². The molecule has 1 N–H and O–H groups in total. The average Bonchev–Trinajstić information content (AvgIpc) is 3.27. The number of para-hydroxylation sites is 1. The minimum Gasteiger partial charge on any atom is -0.492 e. The minimum atomic E-state index is 0. The number of nitrogens with one attached hydrogen (secondary N) is 1. The van der Waals surface area contributed by atoms with Crippen LogP contribution in [0.4, 0.5) is 0 Å². The van der Waals surface area contributed by atoms with Gasteiger partial charge in [0.25, 0.3) is 0 Å². The van der Waals surface area contributed by atoms with Gasteiger partial charge in [-0.3, -0.25) is 4.99 Å². The van der Waals surface area contributed by atoms with Gasteiger partial charge in [0.1, 0.15) is 12.4 Å². The van der Waals surface area contributed by atoms with Crippen LogP contribution in [-0.2, 0) is 6.42 Å². The van der Waals surface area contributed by atoms with E-state index in [0.717, 1.165) is 36.9 Å². The number of ether oxygens (including phenoxy) is 1. The number of aliphatic imine (C=N–C) groups is 1. The van der Waals surface area contributed by atoms with Crippen LogP contribution in [0.25, 0.3) is 5.69 Å². The number of rotatable bonds is 8. The number of hydrogen-bond acceptors (Lipinski definition) is 3. The Morgan fingerprint density at radius 2 is 1.86 bits per heavy atom. The molecule has 0 radical (unpaired) electrons. The molecule has 154 valence electrons. The lowest BCUT2D eigenvalue weighted by atomic mass is 10.1. The van der Waals surface area contributed by atoms with E-state index in [2.05, 4.69) is 44.6 Å². The van der Waals surface area contributed by atoms with Gasteiger partial charge in [0.2, 0.25) is 0 Å². The maximum absolute atomic E-state index is 5.76. The summed E-state index contributed by atoms with van der Waals surface area (Å²) >= 11 is 0. The Labute approximate surface area is 189 Å². The number of hydrogen-bond donors (Lipinski definition) is 1. The minimum absolute atomic E-state index is 0. The van der Waals surface area contributed by atoms with Crippen LogP contribution in [0, 0.1) is 0 Å². The Kier molecular flexibility index (Phi) is 9.49. The number of halogens is 1. The molecule has 3 rings (SSSR count). The molecule has 1 aromatic heterocycles. The van der Waals surface area contributed by atoms with Crippen LogP contribution in [0.2, 0.25) is 0 Å². The third-order valence-corrected chi connectivity index (χ3v) is 4.41. The molecule has 0 aliphatic heterocycles. The highest BCUT2D eigenvalue weighted by Gasteiger charge is 2.06. The Morgan fingerprint density at radius 1 is 1.10 bits per heavy atom. The SMILES string of the molecule is CN=C(NCCc1ccc(-n2cccn2)cc1)N(C)CCOc1ccccc1.I. The van der Waals surface area contributed by atoms with E-state index in [1.54, 1.807) is 13.2 Å². The summed E-state index contributed by atoms with van der Waals surface area (Å²) in [5.74, 6) is 1.75. The molecule has 0 aliphatic carbocycles. The summed E-state index contributed by atoms with van der Waals surface area (Å²) in [5, 5.41) is 7.66. The summed E-state index contributed by atoms with van der Waals surface area (Å²) in [6.45, 7) is 2.18. The molecule has 2 aromatic carbocycles. The summed E-state index contributed by atoms with van der Waals surface area (Å²) in [6.07, 6.45) is 4.65. The second-order valence-corrected chi connectivity index (χ2v) is 6.42. The Hall–Kier alpha value is -2.55. The molecule has 1 heterocycles. The molecule has 29 heavy (non-hydrogen) atoms. The average molecular weight is 505 g/mol. The smallest absolute Gasteiger partial charge is 0.193 e.